The highest BCUT2D eigenvalue weighted by atomic mass is 32.1. The lowest BCUT2D eigenvalue weighted by atomic mass is 10.4. The van der Waals surface area contributed by atoms with Crippen molar-refractivity contribution in [1.29, 1.82) is 0 Å². The van der Waals surface area contributed by atoms with Gasteiger partial charge in [-0.05, 0) is 13.3 Å². The van der Waals surface area contributed by atoms with Crippen molar-refractivity contribution < 1.29 is 4.42 Å². The van der Waals surface area contributed by atoms with Crippen LogP contribution in [0.15, 0.2) is 10.6 Å². The van der Waals surface area contributed by atoms with E-state index in [4.69, 9.17) is 10.2 Å². The number of nitrogens with two attached hydrogens (primary N) is 1. The molecule has 0 aliphatic rings. The molecule has 0 aliphatic heterocycles. The maximum atomic E-state index is 5.62. The van der Waals surface area contributed by atoms with E-state index >= 15 is 0 Å². The first-order valence-corrected chi connectivity index (χ1v) is 6.27. The van der Waals surface area contributed by atoms with Gasteiger partial charge in [-0.1, -0.05) is 12.0 Å². The highest BCUT2D eigenvalue weighted by Crippen LogP contribution is 2.16. The molecular formula is C10H15N5OS. The summed E-state index contributed by atoms with van der Waals surface area (Å²) in [4.78, 5) is 5.55. The third-order valence-corrected chi connectivity index (χ3v) is 3.31. The molecule has 2 rings (SSSR count). The number of anilines is 1. The van der Waals surface area contributed by atoms with Crippen LogP contribution < -0.4 is 11.1 Å². The number of hydrogen-bond acceptors (Lipinski definition) is 7. The number of aryl methyl sites for hydroxylation is 1. The van der Waals surface area contributed by atoms with Gasteiger partial charge in [0, 0.05) is 11.1 Å². The zero-order valence-electron chi connectivity index (χ0n) is 9.80. The van der Waals surface area contributed by atoms with Crippen molar-refractivity contribution in [2.24, 2.45) is 5.73 Å². The number of thiazole rings is 1. The lowest BCUT2D eigenvalue weighted by molar-refractivity contribution is 0.472. The second-order valence-corrected chi connectivity index (χ2v) is 4.86. The molecular weight excluding hydrogens is 238 g/mol. The van der Waals surface area contributed by atoms with E-state index in [-0.39, 0.29) is 6.04 Å². The predicted molar refractivity (Wildman–Crippen MR) is 65.7 cm³/mol. The van der Waals surface area contributed by atoms with Crippen LogP contribution in [0.3, 0.4) is 0 Å². The molecule has 92 valence electrons. The Kier molecular flexibility index (Phi) is 3.70. The van der Waals surface area contributed by atoms with Crippen molar-refractivity contribution in [3.8, 4) is 0 Å². The summed E-state index contributed by atoms with van der Waals surface area (Å²) in [6.45, 7) is 4.49. The second kappa shape index (κ2) is 5.24. The van der Waals surface area contributed by atoms with Crippen LogP contribution >= 0.6 is 11.3 Å². The van der Waals surface area contributed by atoms with Gasteiger partial charge >= 0.3 is 6.01 Å². The van der Waals surface area contributed by atoms with E-state index in [0.717, 1.165) is 11.4 Å². The van der Waals surface area contributed by atoms with Crippen LogP contribution in [0.2, 0.25) is 0 Å². The summed E-state index contributed by atoms with van der Waals surface area (Å²) < 4.78 is 5.32. The average Bonchev–Trinajstić information content (AvgIpc) is 2.95. The smallest absolute Gasteiger partial charge is 0.315 e. The minimum absolute atomic E-state index is 0.246. The Labute approximate surface area is 103 Å². The van der Waals surface area contributed by atoms with E-state index in [0.29, 0.717) is 18.5 Å². The molecule has 0 aliphatic carbocycles. The van der Waals surface area contributed by atoms with E-state index in [2.05, 4.69) is 27.4 Å². The third-order valence-electron chi connectivity index (χ3n) is 2.17. The maximum Gasteiger partial charge on any atom is 0.315 e. The van der Waals surface area contributed by atoms with Gasteiger partial charge in [0.2, 0.25) is 5.89 Å². The van der Waals surface area contributed by atoms with Gasteiger partial charge < -0.3 is 15.5 Å². The quantitative estimate of drug-likeness (QED) is 0.843. The molecule has 2 aromatic rings. The van der Waals surface area contributed by atoms with Gasteiger partial charge in [-0.15, -0.1) is 16.4 Å². The van der Waals surface area contributed by atoms with Crippen LogP contribution in [0.1, 0.15) is 35.7 Å². The first-order chi connectivity index (χ1) is 8.19. The SMILES string of the molecule is CCc1cnc(CNc2nnc(C(C)N)o2)s1. The van der Waals surface area contributed by atoms with Crippen LogP contribution in [0.25, 0.3) is 0 Å². The summed E-state index contributed by atoms with van der Waals surface area (Å²) in [5, 5.41) is 11.7. The molecule has 1 unspecified atom stereocenters. The standard InChI is InChI=1S/C10H15N5OS/c1-3-7-4-12-8(17-7)5-13-10-15-14-9(16-10)6(2)11/h4,6H,3,5,11H2,1-2H3,(H,13,15). The fourth-order valence-corrected chi connectivity index (χ4v) is 2.04. The molecule has 0 aromatic carbocycles. The van der Waals surface area contributed by atoms with E-state index in [9.17, 15) is 0 Å². The van der Waals surface area contributed by atoms with Gasteiger partial charge in [-0.25, -0.2) is 4.98 Å². The van der Waals surface area contributed by atoms with Crippen molar-refractivity contribution in [3.05, 3.63) is 22.0 Å². The Bertz CT molecular complexity index is 479. The second-order valence-electron chi connectivity index (χ2n) is 3.66. The molecule has 6 nitrogen and oxygen atoms in total. The normalized spacial score (nSPS) is 12.6. The highest BCUT2D eigenvalue weighted by Gasteiger charge is 2.09. The highest BCUT2D eigenvalue weighted by molar-refractivity contribution is 7.11. The molecule has 0 amide bonds. The zero-order chi connectivity index (χ0) is 12.3. The van der Waals surface area contributed by atoms with Gasteiger partial charge in [0.25, 0.3) is 0 Å². The molecule has 0 saturated heterocycles. The fourth-order valence-electron chi connectivity index (χ4n) is 1.23. The van der Waals surface area contributed by atoms with Crippen LogP contribution in [0, 0.1) is 0 Å². The molecule has 0 fully saturated rings. The summed E-state index contributed by atoms with van der Waals surface area (Å²) >= 11 is 1.68. The van der Waals surface area contributed by atoms with E-state index < -0.39 is 0 Å². The van der Waals surface area contributed by atoms with Crippen molar-refractivity contribution >= 4 is 17.4 Å². The largest absolute Gasteiger partial charge is 0.406 e. The van der Waals surface area contributed by atoms with Crippen LogP contribution in [-0.4, -0.2) is 15.2 Å². The van der Waals surface area contributed by atoms with Gasteiger partial charge in [-0.2, -0.15) is 0 Å². The maximum absolute atomic E-state index is 5.62. The Hall–Kier alpha value is -1.47. The first-order valence-electron chi connectivity index (χ1n) is 5.45. The summed E-state index contributed by atoms with van der Waals surface area (Å²) in [7, 11) is 0. The van der Waals surface area contributed by atoms with Crippen molar-refractivity contribution in [2.75, 3.05) is 5.32 Å². The van der Waals surface area contributed by atoms with Gasteiger partial charge in [0.1, 0.15) is 5.01 Å². The molecule has 0 bridgehead atoms. The van der Waals surface area contributed by atoms with Crippen molar-refractivity contribution in [3.63, 3.8) is 0 Å². The molecule has 3 N–H and O–H groups in total. The average molecular weight is 253 g/mol. The van der Waals surface area contributed by atoms with Crippen LogP contribution in [-0.2, 0) is 13.0 Å². The molecule has 7 heteroatoms. The van der Waals surface area contributed by atoms with Gasteiger partial charge in [0.05, 0.1) is 12.6 Å². The molecule has 1 atom stereocenters. The predicted octanol–water partition coefficient (Wildman–Crippen LogP) is 1.72. The molecule has 0 saturated carbocycles. The number of aromatic nitrogens is 3. The first kappa shape index (κ1) is 12.0. The lowest BCUT2D eigenvalue weighted by Gasteiger charge is -1.97. The topological polar surface area (TPSA) is 89.9 Å². The van der Waals surface area contributed by atoms with Crippen LogP contribution in [0.5, 0.6) is 0 Å². The summed E-state index contributed by atoms with van der Waals surface area (Å²) in [6, 6.07) is 0.134. The summed E-state index contributed by atoms with van der Waals surface area (Å²) in [5.74, 6) is 0.431. The van der Waals surface area contributed by atoms with Crippen molar-refractivity contribution in [2.45, 2.75) is 32.9 Å². The summed E-state index contributed by atoms with van der Waals surface area (Å²) in [5.41, 5.74) is 5.62. The molecule has 2 heterocycles. The summed E-state index contributed by atoms with van der Waals surface area (Å²) in [6.07, 6.45) is 2.90. The van der Waals surface area contributed by atoms with E-state index in [1.54, 1.807) is 18.3 Å². The number of rotatable bonds is 5. The number of nitrogens with zero attached hydrogens (tertiary/aromatic N) is 3. The van der Waals surface area contributed by atoms with Crippen LogP contribution in [0.4, 0.5) is 6.01 Å². The fraction of sp³-hybridized carbons (Fsp3) is 0.500. The Morgan fingerprint density at radius 1 is 1.53 bits per heavy atom. The third kappa shape index (κ3) is 3.01. The minimum Gasteiger partial charge on any atom is -0.406 e. The minimum atomic E-state index is -0.246. The number of nitrogens with one attached hydrogen (secondary N) is 1. The molecule has 17 heavy (non-hydrogen) atoms. The van der Waals surface area contributed by atoms with E-state index in [1.165, 1.54) is 4.88 Å². The van der Waals surface area contributed by atoms with Gasteiger partial charge in [0.15, 0.2) is 0 Å². The Balaban J connectivity index is 1.92. The van der Waals surface area contributed by atoms with E-state index in [1.807, 2.05) is 6.20 Å². The Morgan fingerprint density at radius 2 is 2.35 bits per heavy atom. The van der Waals surface area contributed by atoms with Crippen molar-refractivity contribution in [1.82, 2.24) is 15.2 Å². The van der Waals surface area contributed by atoms with Gasteiger partial charge in [-0.3, -0.25) is 0 Å². The molecule has 2 aromatic heterocycles. The molecule has 0 spiro atoms. The molecule has 0 radical (unpaired) electrons. The lowest BCUT2D eigenvalue weighted by Crippen LogP contribution is -2.04. The number of hydrogen-bond donors (Lipinski definition) is 2. The Morgan fingerprint density at radius 3 is 2.94 bits per heavy atom. The monoisotopic (exact) mass is 253 g/mol. The zero-order valence-corrected chi connectivity index (χ0v) is 10.6.